The Labute approximate surface area is 75.2 Å². The molecular formula is C8H9N3O2. The van der Waals surface area contributed by atoms with Crippen LogP contribution in [0.15, 0.2) is 35.4 Å². The van der Waals surface area contributed by atoms with Crippen molar-refractivity contribution in [3.8, 4) is 5.75 Å². The summed E-state index contributed by atoms with van der Waals surface area (Å²) in [5, 5.41) is 12.4. The van der Waals surface area contributed by atoms with Gasteiger partial charge in [-0.1, -0.05) is 18.2 Å². The molecule has 68 valence electrons. The van der Waals surface area contributed by atoms with Crippen LogP contribution < -0.4 is 4.74 Å². The third-order valence-corrected chi connectivity index (χ3v) is 1.28. The number of ether oxygens (including phenoxy) is 1. The molecule has 5 heteroatoms. The largest absolute Gasteiger partial charge is 0.456 e. The lowest BCUT2D eigenvalue weighted by molar-refractivity contribution is -0.114. The van der Waals surface area contributed by atoms with E-state index >= 15 is 0 Å². The Bertz CT molecular complexity index is 317. The Kier molecular flexibility index (Phi) is 2.74. The molecule has 0 aliphatic rings. The minimum Gasteiger partial charge on any atom is -0.456 e. The molecule has 5 nitrogen and oxygen atoms in total. The van der Waals surface area contributed by atoms with Crippen molar-refractivity contribution in [2.75, 3.05) is 0 Å². The molecule has 0 saturated carbocycles. The van der Waals surface area contributed by atoms with Gasteiger partial charge in [-0.05, 0) is 22.8 Å². The van der Waals surface area contributed by atoms with Crippen molar-refractivity contribution in [3.05, 3.63) is 40.8 Å². The van der Waals surface area contributed by atoms with Gasteiger partial charge in [0, 0.05) is 11.8 Å². The van der Waals surface area contributed by atoms with E-state index in [1.54, 1.807) is 24.3 Å². The van der Waals surface area contributed by atoms with Crippen LogP contribution in [0.2, 0.25) is 0 Å². The molecule has 0 spiro atoms. The van der Waals surface area contributed by atoms with E-state index in [1.165, 1.54) is 6.92 Å². The van der Waals surface area contributed by atoms with E-state index < -0.39 is 5.91 Å². The molecule has 0 bridgehead atoms. The van der Waals surface area contributed by atoms with Gasteiger partial charge in [0.25, 0.3) is 5.91 Å². The Hall–Kier alpha value is -1.71. The summed E-state index contributed by atoms with van der Waals surface area (Å²) in [7, 11) is 0. The Morgan fingerprint density at radius 2 is 2.08 bits per heavy atom. The molecule has 0 aliphatic heterocycles. The SMILES string of the molecule is CC(O)(N=[N+]=[N-])Oc1ccccc1. The Morgan fingerprint density at radius 3 is 2.62 bits per heavy atom. The summed E-state index contributed by atoms with van der Waals surface area (Å²) >= 11 is 0. The van der Waals surface area contributed by atoms with Gasteiger partial charge in [-0.3, -0.25) is 0 Å². The third kappa shape index (κ3) is 3.02. The van der Waals surface area contributed by atoms with Crippen LogP contribution in [0.1, 0.15) is 6.92 Å². The molecule has 0 aliphatic carbocycles. The predicted molar refractivity (Wildman–Crippen MR) is 46.8 cm³/mol. The summed E-state index contributed by atoms with van der Waals surface area (Å²) in [6.07, 6.45) is 0. The number of aliphatic hydroxyl groups is 1. The molecule has 1 N–H and O–H groups in total. The van der Waals surface area contributed by atoms with Crippen LogP contribution in [0.5, 0.6) is 5.75 Å². The average Bonchev–Trinajstić information content (AvgIpc) is 2.04. The minimum atomic E-state index is -1.84. The van der Waals surface area contributed by atoms with E-state index in [1.807, 2.05) is 6.07 Å². The second kappa shape index (κ2) is 3.80. The first-order chi connectivity index (χ1) is 6.14. The molecule has 0 aromatic heterocycles. The molecule has 0 heterocycles. The van der Waals surface area contributed by atoms with E-state index in [9.17, 15) is 5.11 Å². The Balaban J connectivity index is 2.74. The second-order valence-electron chi connectivity index (χ2n) is 2.54. The zero-order valence-corrected chi connectivity index (χ0v) is 7.08. The summed E-state index contributed by atoms with van der Waals surface area (Å²) in [6.45, 7) is 1.26. The maximum Gasteiger partial charge on any atom is 0.285 e. The van der Waals surface area contributed by atoms with E-state index in [-0.39, 0.29) is 0 Å². The van der Waals surface area contributed by atoms with E-state index in [2.05, 4.69) is 10.0 Å². The molecule has 0 saturated heterocycles. The van der Waals surface area contributed by atoms with Gasteiger partial charge >= 0.3 is 0 Å². The summed E-state index contributed by atoms with van der Waals surface area (Å²) in [4.78, 5) is 2.45. The summed E-state index contributed by atoms with van der Waals surface area (Å²) in [5.74, 6) is -1.39. The van der Waals surface area contributed by atoms with Gasteiger partial charge in [0.1, 0.15) is 5.75 Å². The monoisotopic (exact) mass is 179 g/mol. The number of rotatable bonds is 3. The summed E-state index contributed by atoms with van der Waals surface area (Å²) < 4.78 is 4.98. The van der Waals surface area contributed by atoms with E-state index in [4.69, 9.17) is 10.3 Å². The number of para-hydroxylation sites is 1. The second-order valence-corrected chi connectivity index (χ2v) is 2.54. The fraction of sp³-hybridized carbons (Fsp3) is 0.250. The zero-order chi connectivity index (χ0) is 9.73. The fourth-order valence-corrected chi connectivity index (χ4v) is 0.815. The normalized spacial score (nSPS) is 14.0. The first-order valence-corrected chi connectivity index (χ1v) is 3.67. The smallest absolute Gasteiger partial charge is 0.285 e. The highest BCUT2D eigenvalue weighted by atomic mass is 16.6. The quantitative estimate of drug-likeness (QED) is 0.333. The maximum absolute atomic E-state index is 9.33. The van der Waals surface area contributed by atoms with Crippen LogP contribution in [0, 0.1) is 0 Å². The van der Waals surface area contributed by atoms with Crippen molar-refractivity contribution in [2.45, 2.75) is 12.8 Å². The van der Waals surface area contributed by atoms with Crippen LogP contribution in [-0.4, -0.2) is 11.0 Å². The number of benzene rings is 1. The molecule has 1 aromatic rings. The van der Waals surface area contributed by atoms with Gasteiger partial charge in [-0.2, -0.15) is 0 Å². The van der Waals surface area contributed by atoms with Crippen LogP contribution in [-0.2, 0) is 0 Å². The minimum absolute atomic E-state index is 0.444. The lowest BCUT2D eigenvalue weighted by Crippen LogP contribution is -2.28. The molecule has 1 rings (SSSR count). The predicted octanol–water partition coefficient (Wildman–Crippen LogP) is 2.04. The van der Waals surface area contributed by atoms with Crippen molar-refractivity contribution in [3.63, 3.8) is 0 Å². The van der Waals surface area contributed by atoms with Gasteiger partial charge in [-0.25, -0.2) is 0 Å². The molecule has 1 unspecified atom stereocenters. The lowest BCUT2D eigenvalue weighted by atomic mass is 10.3. The molecule has 0 fully saturated rings. The van der Waals surface area contributed by atoms with Gasteiger partial charge < -0.3 is 9.84 Å². The molecule has 0 amide bonds. The Morgan fingerprint density at radius 1 is 1.46 bits per heavy atom. The molecular weight excluding hydrogens is 170 g/mol. The standard InChI is InChI=1S/C8H9N3O2/c1-8(12,10-11-9)13-7-5-3-2-4-6-7/h2-6,12H,1H3. The number of azide groups is 1. The van der Waals surface area contributed by atoms with Crippen molar-refractivity contribution in [1.82, 2.24) is 0 Å². The van der Waals surface area contributed by atoms with Crippen LogP contribution in [0.25, 0.3) is 10.4 Å². The third-order valence-electron chi connectivity index (χ3n) is 1.28. The van der Waals surface area contributed by atoms with Gasteiger partial charge in [-0.15, -0.1) is 0 Å². The molecule has 1 atom stereocenters. The lowest BCUT2D eigenvalue weighted by Gasteiger charge is -2.18. The van der Waals surface area contributed by atoms with Gasteiger partial charge in [0.15, 0.2) is 0 Å². The summed E-state index contributed by atoms with van der Waals surface area (Å²) in [5.41, 5.74) is 8.10. The highest BCUT2D eigenvalue weighted by Crippen LogP contribution is 2.16. The van der Waals surface area contributed by atoms with Crippen molar-refractivity contribution < 1.29 is 9.84 Å². The first-order valence-electron chi connectivity index (χ1n) is 3.67. The number of hydrogen-bond acceptors (Lipinski definition) is 3. The van der Waals surface area contributed by atoms with Crippen molar-refractivity contribution in [1.29, 1.82) is 0 Å². The summed E-state index contributed by atoms with van der Waals surface area (Å²) in [6, 6.07) is 8.63. The van der Waals surface area contributed by atoms with Gasteiger partial charge in [0.2, 0.25) is 0 Å². The van der Waals surface area contributed by atoms with E-state index in [0.29, 0.717) is 5.75 Å². The van der Waals surface area contributed by atoms with Crippen molar-refractivity contribution >= 4 is 0 Å². The molecule has 0 radical (unpaired) electrons. The van der Waals surface area contributed by atoms with Crippen LogP contribution in [0.3, 0.4) is 0 Å². The first kappa shape index (κ1) is 9.38. The highest BCUT2D eigenvalue weighted by molar-refractivity contribution is 5.21. The zero-order valence-electron chi connectivity index (χ0n) is 7.08. The van der Waals surface area contributed by atoms with Crippen molar-refractivity contribution in [2.24, 2.45) is 5.11 Å². The van der Waals surface area contributed by atoms with Gasteiger partial charge in [0.05, 0.1) is 0 Å². The topological polar surface area (TPSA) is 78.2 Å². The number of nitrogens with zero attached hydrogens (tertiary/aromatic N) is 3. The van der Waals surface area contributed by atoms with Crippen LogP contribution >= 0.6 is 0 Å². The fourth-order valence-electron chi connectivity index (χ4n) is 0.815. The maximum atomic E-state index is 9.33. The molecule has 1 aromatic carbocycles. The number of hydrogen-bond donors (Lipinski definition) is 1. The molecule has 13 heavy (non-hydrogen) atoms. The highest BCUT2D eigenvalue weighted by Gasteiger charge is 2.19. The van der Waals surface area contributed by atoms with E-state index in [0.717, 1.165) is 0 Å². The average molecular weight is 179 g/mol. The van der Waals surface area contributed by atoms with Crippen LogP contribution in [0.4, 0.5) is 0 Å².